The van der Waals surface area contributed by atoms with E-state index in [4.69, 9.17) is 35.5 Å². The molecule has 0 aromatic carbocycles. The zero-order valence-electron chi connectivity index (χ0n) is 28.2. The van der Waals surface area contributed by atoms with E-state index in [2.05, 4.69) is 49.5 Å². The van der Waals surface area contributed by atoms with Crippen LogP contribution in [0.3, 0.4) is 0 Å². The summed E-state index contributed by atoms with van der Waals surface area (Å²) in [5.41, 5.74) is 1.08. The van der Waals surface area contributed by atoms with E-state index in [-0.39, 0.29) is 25.3 Å². The van der Waals surface area contributed by atoms with Gasteiger partial charge in [-0.3, -0.25) is 0 Å². The summed E-state index contributed by atoms with van der Waals surface area (Å²) in [4.78, 5) is 21.0. The smallest absolute Gasteiger partial charge is 0.435 e. The molecule has 0 bridgehead atoms. The highest BCUT2D eigenvalue weighted by molar-refractivity contribution is 6.33. The molecule has 0 radical (unpaired) electrons. The maximum atomic E-state index is 11.6. The quantitative estimate of drug-likeness (QED) is 0.178. The predicted molar refractivity (Wildman–Crippen MR) is 182 cm³/mol. The second kappa shape index (κ2) is 17.5. The molecule has 3 aromatic rings. The molecule has 49 heavy (non-hydrogen) atoms. The van der Waals surface area contributed by atoms with Gasteiger partial charge in [-0.25, -0.2) is 14.8 Å². The van der Waals surface area contributed by atoms with Gasteiger partial charge in [-0.05, 0) is 87.9 Å². The number of nitrogens with one attached hydrogen (secondary N) is 3. The van der Waals surface area contributed by atoms with Crippen molar-refractivity contribution in [3.8, 4) is 17.3 Å². The number of carbonyl (C=O) groups excluding carboxylic acids is 1. The van der Waals surface area contributed by atoms with E-state index >= 15 is 0 Å². The van der Waals surface area contributed by atoms with E-state index in [9.17, 15) is 10.1 Å². The fraction of sp³-hybridized carbons (Fsp3) is 0.606. The van der Waals surface area contributed by atoms with Crippen LogP contribution in [0.15, 0.2) is 30.5 Å². The Labute approximate surface area is 291 Å². The Morgan fingerprint density at radius 2 is 1.96 bits per heavy atom. The van der Waals surface area contributed by atoms with Crippen molar-refractivity contribution in [3.63, 3.8) is 0 Å². The minimum Gasteiger partial charge on any atom is -0.435 e. The van der Waals surface area contributed by atoms with Crippen LogP contribution in [-0.2, 0) is 25.6 Å². The molecule has 0 amide bonds. The molecule has 4 heterocycles. The van der Waals surface area contributed by atoms with E-state index in [1.165, 1.54) is 4.68 Å². The van der Waals surface area contributed by atoms with Crippen LogP contribution in [-0.4, -0.2) is 87.4 Å². The number of anilines is 2. The number of carbonyl (C=O) groups is 1. The average molecular weight is 697 g/mol. The topological polar surface area (TPSA) is 183 Å². The van der Waals surface area contributed by atoms with Gasteiger partial charge in [0.25, 0.3) is 0 Å². The zero-order chi connectivity index (χ0) is 34.6. The Morgan fingerprint density at radius 1 is 1.18 bits per heavy atom. The van der Waals surface area contributed by atoms with E-state index < -0.39 is 17.8 Å². The lowest BCUT2D eigenvalue weighted by Gasteiger charge is -2.32. The van der Waals surface area contributed by atoms with Crippen molar-refractivity contribution < 1.29 is 23.7 Å². The first kappa shape index (κ1) is 36.2. The van der Waals surface area contributed by atoms with Crippen molar-refractivity contribution in [3.05, 3.63) is 41.3 Å². The fourth-order valence-electron chi connectivity index (χ4n) is 6.07. The lowest BCUT2D eigenvalue weighted by Crippen LogP contribution is -2.43. The molecule has 15 nitrogen and oxygen atoms in total. The van der Waals surface area contributed by atoms with Crippen LogP contribution in [0.5, 0.6) is 0 Å². The molecule has 2 atom stereocenters. The van der Waals surface area contributed by atoms with Gasteiger partial charge in [0.1, 0.15) is 18.2 Å². The largest absolute Gasteiger partial charge is 0.510 e. The third kappa shape index (κ3) is 10.2. The molecule has 2 aliphatic rings. The minimum atomic E-state index is -0.779. The van der Waals surface area contributed by atoms with E-state index in [0.717, 1.165) is 42.8 Å². The van der Waals surface area contributed by atoms with Crippen LogP contribution in [0.2, 0.25) is 5.02 Å². The average Bonchev–Trinajstić information content (AvgIpc) is 3.58. The molecule has 5 rings (SSSR count). The lowest BCUT2D eigenvalue weighted by atomic mass is 9.82. The molecular weight excluding hydrogens is 652 g/mol. The van der Waals surface area contributed by atoms with Crippen LogP contribution in [0.4, 0.5) is 16.4 Å². The summed E-state index contributed by atoms with van der Waals surface area (Å²) in [5.74, 6) is 1.91. The highest BCUT2D eigenvalue weighted by atomic mass is 35.5. The standard InChI is InChI=1S/C33H45ClN10O5/c1-4-48-32(45)49-23(3)44-31(41-42-43-44)19-47-18-22(2)38-24-8-10-25(11-9-24)39-30-16-26(27(34)17-36-30)28-6-5-7-29(40-28)37-21-33(20-35)12-14-46-15-13-33/h5-7,16-17,22-25,38H,4,8-15,18-19,21H2,1-3H3,(H,36,39)(H,37,40)/t22-,23-,24?,25?/m1/s1. The SMILES string of the molecule is CCOC(=O)O[C@H](C)n1nnnc1COC[C@@H](C)NC1CCC(Nc2cc(-c3cccc(NCC4(C#N)CCOCC4)n3)c(Cl)cn2)CC1. The summed E-state index contributed by atoms with van der Waals surface area (Å²) in [7, 11) is 0. The van der Waals surface area contributed by atoms with E-state index in [1.54, 1.807) is 20.0 Å². The van der Waals surface area contributed by atoms with Crippen molar-refractivity contribution in [2.45, 2.75) is 90.3 Å². The number of nitrogens with zero attached hydrogens (tertiary/aromatic N) is 7. The zero-order valence-corrected chi connectivity index (χ0v) is 29.0. The number of hydrogen-bond donors (Lipinski definition) is 3. The lowest BCUT2D eigenvalue weighted by molar-refractivity contribution is -0.00389. The number of pyridine rings is 2. The van der Waals surface area contributed by atoms with Gasteiger partial charge in [-0.15, -0.1) is 5.10 Å². The van der Waals surface area contributed by atoms with Crippen molar-refractivity contribution in [1.82, 2.24) is 35.5 Å². The highest BCUT2D eigenvalue weighted by Crippen LogP contribution is 2.32. The maximum Gasteiger partial charge on any atom is 0.510 e. The number of aromatic nitrogens is 6. The van der Waals surface area contributed by atoms with Crippen LogP contribution in [0.1, 0.15) is 71.3 Å². The van der Waals surface area contributed by atoms with Crippen molar-refractivity contribution in [2.24, 2.45) is 5.41 Å². The molecule has 1 aliphatic carbocycles. The summed E-state index contributed by atoms with van der Waals surface area (Å²) in [5, 5.41) is 32.5. The molecular formula is C33H45ClN10O5. The van der Waals surface area contributed by atoms with E-state index in [1.807, 2.05) is 24.3 Å². The third-order valence-corrected chi connectivity index (χ3v) is 9.11. The number of tetrazole rings is 1. The number of ether oxygens (including phenoxy) is 4. The van der Waals surface area contributed by atoms with Crippen molar-refractivity contribution in [2.75, 3.05) is 43.6 Å². The normalized spacial score (nSPS) is 20.1. The van der Waals surface area contributed by atoms with Gasteiger partial charge in [0.05, 0.1) is 35.4 Å². The fourth-order valence-corrected chi connectivity index (χ4v) is 6.27. The Balaban J connectivity index is 1.06. The van der Waals surface area contributed by atoms with Gasteiger partial charge in [-0.1, -0.05) is 17.7 Å². The summed E-state index contributed by atoms with van der Waals surface area (Å²) in [6, 6.07) is 11.0. The summed E-state index contributed by atoms with van der Waals surface area (Å²) in [6.45, 7) is 8.02. The first-order chi connectivity index (χ1) is 23.8. The van der Waals surface area contributed by atoms with Gasteiger partial charge in [0.15, 0.2) is 12.1 Å². The number of nitriles is 1. The van der Waals surface area contributed by atoms with Crippen LogP contribution in [0, 0.1) is 16.7 Å². The first-order valence-electron chi connectivity index (χ1n) is 16.8. The van der Waals surface area contributed by atoms with Crippen LogP contribution < -0.4 is 16.0 Å². The summed E-state index contributed by atoms with van der Waals surface area (Å²) >= 11 is 6.59. The molecule has 3 N–H and O–H groups in total. The molecule has 16 heteroatoms. The molecule has 2 fully saturated rings. The van der Waals surface area contributed by atoms with Crippen LogP contribution in [0.25, 0.3) is 11.3 Å². The Bertz CT molecular complexity index is 1550. The number of rotatable bonds is 15. The van der Waals surface area contributed by atoms with Gasteiger partial charge in [0.2, 0.25) is 0 Å². The second-order valence-corrected chi connectivity index (χ2v) is 12.9. The Kier molecular flexibility index (Phi) is 12.9. The summed E-state index contributed by atoms with van der Waals surface area (Å²) < 4.78 is 22.7. The molecule has 0 spiro atoms. The monoisotopic (exact) mass is 696 g/mol. The predicted octanol–water partition coefficient (Wildman–Crippen LogP) is 5.13. The van der Waals surface area contributed by atoms with E-state index in [0.29, 0.717) is 61.9 Å². The second-order valence-electron chi connectivity index (χ2n) is 12.5. The molecule has 1 saturated heterocycles. The van der Waals surface area contributed by atoms with Crippen molar-refractivity contribution >= 4 is 29.4 Å². The Hall–Kier alpha value is -4.10. The van der Waals surface area contributed by atoms with Crippen molar-refractivity contribution in [1.29, 1.82) is 5.26 Å². The minimum absolute atomic E-state index is 0.118. The molecule has 1 aliphatic heterocycles. The molecule has 0 unspecified atom stereocenters. The number of halogens is 1. The van der Waals surface area contributed by atoms with Gasteiger partial charge in [-0.2, -0.15) is 9.94 Å². The third-order valence-electron chi connectivity index (χ3n) is 8.81. The van der Waals surface area contributed by atoms with Gasteiger partial charge in [0, 0.05) is 49.6 Å². The maximum absolute atomic E-state index is 11.6. The van der Waals surface area contributed by atoms with Gasteiger partial charge < -0.3 is 34.9 Å². The Morgan fingerprint density at radius 3 is 2.71 bits per heavy atom. The van der Waals surface area contributed by atoms with Gasteiger partial charge >= 0.3 is 6.16 Å². The number of hydrogen-bond acceptors (Lipinski definition) is 14. The molecule has 3 aromatic heterocycles. The summed E-state index contributed by atoms with van der Waals surface area (Å²) in [6.07, 6.45) is 5.56. The highest BCUT2D eigenvalue weighted by Gasteiger charge is 2.32. The van der Waals surface area contributed by atoms with Crippen LogP contribution >= 0.6 is 11.6 Å². The molecule has 264 valence electrons. The molecule has 1 saturated carbocycles. The first-order valence-corrected chi connectivity index (χ1v) is 17.2.